The van der Waals surface area contributed by atoms with Crippen LogP contribution in [0.4, 0.5) is 0 Å². The summed E-state index contributed by atoms with van der Waals surface area (Å²) in [4.78, 5) is 143. The van der Waals surface area contributed by atoms with E-state index < -0.39 is 120 Å². The minimum Gasteiger partial charge on any atom is -0.508 e. The van der Waals surface area contributed by atoms with Crippen molar-refractivity contribution in [2.75, 3.05) is 19.6 Å². The Bertz CT molecular complexity index is 2760. The molecule has 26 nitrogen and oxygen atoms in total. The number of hydrogen-bond acceptors (Lipinski definition) is 14. The molecule has 0 aromatic heterocycles. The number of primary amides is 1. The van der Waals surface area contributed by atoms with Gasteiger partial charge in [0, 0.05) is 38.9 Å². The summed E-state index contributed by atoms with van der Waals surface area (Å²) in [5, 5.41) is 45.3. The molecule has 2 aliphatic rings. The summed E-state index contributed by atoms with van der Waals surface area (Å²) in [6, 6.07) is 8.91. The molecule has 17 N–H and O–H groups in total. The number of nitrogens with two attached hydrogens (primary N) is 4. The third-order valence-corrected chi connectivity index (χ3v) is 14.0. The summed E-state index contributed by atoms with van der Waals surface area (Å²) in [6.45, 7) is 5.24. The second kappa shape index (κ2) is 30.7. The zero-order chi connectivity index (χ0) is 60.2. The van der Waals surface area contributed by atoms with Crippen LogP contribution in [0, 0.1) is 5.92 Å². The minimum absolute atomic E-state index is 0.0345. The molecule has 0 aliphatic carbocycles. The molecule has 2 fully saturated rings. The molecule has 82 heavy (non-hydrogen) atoms. The second-order valence-electron chi connectivity index (χ2n) is 21.0. The monoisotopic (exact) mass is 1140 g/mol. The fourth-order valence-electron chi connectivity index (χ4n) is 9.75. The quantitative estimate of drug-likeness (QED) is 0.0212. The fourth-order valence-corrected chi connectivity index (χ4v) is 9.75. The van der Waals surface area contributed by atoms with E-state index in [1.54, 1.807) is 56.3 Å². The van der Waals surface area contributed by atoms with Crippen molar-refractivity contribution in [1.29, 1.82) is 0 Å². The van der Waals surface area contributed by atoms with Crippen molar-refractivity contribution >= 4 is 65.1 Å². The van der Waals surface area contributed by atoms with Gasteiger partial charge >= 0.3 is 5.97 Å². The molecule has 444 valence electrons. The van der Waals surface area contributed by atoms with Crippen LogP contribution in [-0.2, 0) is 67.2 Å². The van der Waals surface area contributed by atoms with Crippen molar-refractivity contribution in [3.8, 4) is 11.5 Å². The highest BCUT2D eigenvalue weighted by molar-refractivity contribution is 5.99. The number of nitrogens with zero attached hydrogens (tertiary/aromatic N) is 3. The Hall–Kier alpha value is -8.81. The molecule has 2 saturated heterocycles. The van der Waals surface area contributed by atoms with E-state index in [1.165, 1.54) is 53.1 Å². The van der Waals surface area contributed by atoms with Crippen LogP contribution in [0.15, 0.2) is 83.9 Å². The molecule has 3 aromatic rings. The lowest BCUT2D eigenvalue weighted by Crippen LogP contribution is -2.60. The standard InChI is InChI=1S/C56H77N13O13/c1-31(2)26-43(55(81)82)67-50(76)40(28-35-17-21-37(71)22-18-35)64-51(77)44-13-8-24-68(44)53(79)32(3)62-48(74)41(30-46(58)72)65-52(78)45-14-9-25-69(45)54(80)42(29-33-10-5-4-6-11-33)66-49(75)39(27-34-15-19-36(70)20-16-34)63-47(73)38(57)12-7-23-61-56(59)60/h4-6,10-11,15-22,31-32,38-45,70-71H,7-9,12-14,23-30,57H2,1-3H3,(H2,58,72)(H,62,74)(H,63,73)(H,64,77)(H,65,78)(H,66,75)(H,67,76)(H,81,82)(H4,59,60,61)/t32-,38-,39-,40-,41-,42-,43-,44-,45-/m0/s1. The first-order valence-corrected chi connectivity index (χ1v) is 27.3. The molecule has 0 radical (unpaired) electrons. The number of benzene rings is 3. The first-order chi connectivity index (χ1) is 38.9. The van der Waals surface area contributed by atoms with Gasteiger partial charge in [-0.1, -0.05) is 68.4 Å². The SMILES string of the molecule is CC(C)C[C@H](NC(=O)[C@H](Cc1ccc(O)cc1)NC(=O)[C@@H]1CCCN1C(=O)[C@H](C)NC(=O)[C@H](CC(N)=O)NC(=O)[C@@H]1CCCN1C(=O)[C@H](Cc1ccccc1)NC(=O)[C@H](Cc1ccc(O)cc1)NC(=O)[C@@H](N)CCCN=C(N)N)C(=O)O. The Morgan fingerprint density at radius 2 is 1.02 bits per heavy atom. The van der Waals surface area contributed by atoms with Gasteiger partial charge in [0.25, 0.3) is 0 Å². The predicted molar refractivity (Wildman–Crippen MR) is 299 cm³/mol. The van der Waals surface area contributed by atoms with E-state index in [4.69, 9.17) is 22.9 Å². The zero-order valence-electron chi connectivity index (χ0n) is 46.3. The largest absolute Gasteiger partial charge is 0.508 e. The third-order valence-electron chi connectivity index (χ3n) is 14.0. The van der Waals surface area contributed by atoms with Gasteiger partial charge in [0.1, 0.15) is 59.8 Å². The van der Waals surface area contributed by atoms with Gasteiger partial charge in [0.2, 0.25) is 53.2 Å². The van der Waals surface area contributed by atoms with Crippen molar-refractivity contribution in [1.82, 2.24) is 41.7 Å². The molecule has 5 rings (SSSR count). The molecule has 26 heteroatoms. The van der Waals surface area contributed by atoms with Crippen LogP contribution >= 0.6 is 0 Å². The molecule has 9 amide bonds. The molecule has 0 spiro atoms. The van der Waals surface area contributed by atoms with E-state index in [2.05, 4.69) is 36.9 Å². The number of carbonyl (C=O) groups excluding carboxylic acids is 9. The van der Waals surface area contributed by atoms with Crippen LogP contribution in [0.5, 0.6) is 11.5 Å². The zero-order valence-corrected chi connectivity index (χ0v) is 46.3. The predicted octanol–water partition coefficient (Wildman–Crippen LogP) is -1.58. The van der Waals surface area contributed by atoms with E-state index in [1.807, 2.05) is 0 Å². The van der Waals surface area contributed by atoms with Crippen molar-refractivity contribution < 1.29 is 63.3 Å². The molecule has 2 heterocycles. The molecule has 9 atom stereocenters. The molecule has 0 unspecified atom stereocenters. The maximum atomic E-state index is 14.7. The van der Waals surface area contributed by atoms with Crippen LogP contribution in [-0.4, -0.2) is 164 Å². The van der Waals surface area contributed by atoms with Gasteiger partial charge < -0.3 is 80.0 Å². The maximum Gasteiger partial charge on any atom is 0.326 e. The Balaban J connectivity index is 1.29. The van der Waals surface area contributed by atoms with Gasteiger partial charge in [-0.05, 0) is 98.7 Å². The average molecular weight is 1140 g/mol. The number of hydrogen-bond donors (Lipinski definition) is 13. The number of phenols is 2. The van der Waals surface area contributed by atoms with Gasteiger partial charge in [0.05, 0.1) is 12.5 Å². The number of aliphatic carboxylic acids is 1. The van der Waals surface area contributed by atoms with E-state index in [0.717, 1.165) is 0 Å². The Kier molecular flexibility index (Phi) is 24.0. The summed E-state index contributed by atoms with van der Waals surface area (Å²) < 4.78 is 0. The summed E-state index contributed by atoms with van der Waals surface area (Å²) in [5.74, 6) is -8.76. The van der Waals surface area contributed by atoms with Gasteiger partial charge in [-0.25, -0.2) is 4.79 Å². The van der Waals surface area contributed by atoms with Gasteiger partial charge in [-0.2, -0.15) is 0 Å². The molecule has 3 aromatic carbocycles. The first-order valence-electron chi connectivity index (χ1n) is 27.3. The number of phenolic OH excluding ortho intramolecular Hbond substituents is 2. The summed E-state index contributed by atoms with van der Waals surface area (Å²) >= 11 is 0. The van der Waals surface area contributed by atoms with E-state index >= 15 is 0 Å². The normalized spacial score (nSPS) is 17.4. The van der Waals surface area contributed by atoms with Crippen LogP contribution in [0.1, 0.15) is 88.8 Å². The first kappa shape index (κ1) is 64.0. The number of carboxylic acid groups (broad SMARTS) is 1. The van der Waals surface area contributed by atoms with Crippen LogP contribution in [0.3, 0.4) is 0 Å². The smallest absolute Gasteiger partial charge is 0.326 e. The maximum absolute atomic E-state index is 14.7. The molecular weight excluding hydrogens is 1060 g/mol. The van der Waals surface area contributed by atoms with Crippen molar-refractivity contribution in [2.24, 2.45) is 33.8 Å². The summed E-state index contributed by atoms with van der Waals surface area (Å²) in [5.41, 5.74) is 24.3. The Morgan fingerprint density at radius 1 is 0.573 bits per heavy atom. The molecular formula is C56H77N13O13. The highest BCUT2D eigenvalue weighted by Gasteiger charge is 2.42. The van der Waals surface area contributed by atoms with E-state index in [-0.39, 0.29) is 88.0 Å². The van der Waals surface area contributed by atoms with Gasteiger partial charge in [-0.15, -0.1) is 0 Å². The molecule has 2 aliphatic heterocycles. The van der Waals surface area contributed by atoms with Crippen LogP contribution < -0.4 is 54.8 Å². The van der Waals surface area contributed by atoms with Gasteiger partial charge in [-0.3, -0.25) is 48.1 Å². The lowest BCUT2D eigenvalue weighted by molar-refractivity contribution is -0.144. The molecule has 0 bridgehead atoms. The lowest BCUT2D eigenvalue weighted by atomic mass is 10.0. The third kappa shape index (κ3) is 19.5. The van der Waals surface area contributed by atoms with E-state index in [0.29, 0.717) is 36.0 Å². The minimum atomic E-state index is -1.65. The van der Waals surface area contributed by atoms with Crippen molar-refractivity contribution in [3.05, 3.63) is 95.6 Å². The number of nitrogens with one attached hydrogen (secondary N) is 6. The summed E-state index contributed by atoms with van der Waals surface area (Å²) in [6.07, 6.45) is 0.612. The number of guanidine groups is 1. The number of aliphatic imine (C=N–C) groups is 1. The van der Waals surface area contributed by atoms with Crippen molar-refractivity contribution in [2.45, 2.75) is 146 Å². The molecule has 0 saturated carbocycles. The number of carbonyl (C=O) groups is 10. The van der Waals surface area contributed by atoms with E-state index in [9.17, 15) is 63.3 Å². The fraction of sp³-hybridized carbons (Fsp3) is 0.482. The van der Waals surface area contributed by atoms with Gasteiger partial charge in [0.15, 0.2) is 5.96 Å². The number of aromatic hydroxyl groups is 2. The number of rotatable bonds is 29. The number of carboxylic acids is 1. The lowest BCUT2D eigenvalue weighted by Gasteiger charge is -2.31. The van der Waals surface area contributed by atoms with Crippen LogP contribution in [0.2, 0.25) is 0 Å². The highest BCUT2D eigenvalue weighted by Crippen LogP contribution is 2.23. The average Bonchev–Trinajstić information content (AvgIpc) is 4.23. The Morgan fingerprint density at radius 3 is 1.52 bits per heavy atom. The number of likely N-dealkylation sites (tertiary alicyclic amines) is 2. The summed E-state index contributed by atoms with van der Waals surface area (Å²) in [7, 11) is 0. The Labute approximate surface area is 474 Å². The van der Waals surface area contributed by atoms with Crippen molar-refractivity contribution in [3.63, 3.8) is 0 Å². The topological polar surface area (TPSA) is 426 Å². The van der Waals surface area contributed by atoms with Crippen LogP contribution in [0.25, 0.3) is 0 Å². The number of amides is 9. The highest BCUT2D eigenvalue weighted by atomic mass is 16.4. The second-order valence-corrected chi connectivity index (χ2v) is 21.0.